The Morgan fingerprint density at radius 2 is 1.91 bits per heavy atom. The van der Waals surface area contributed by atoms with Crippen LogP contribution in [0.5, 0.6) is 0 Å². The van der Waals surface area contributed by atoms with Crippen LogP contribution in [0.25, 0.3) is 0 Å². The highest BCUT2D eigenvalue weighted by Crippen LogP contribution is 2.08. The summed E-state index contributed by atoms with van der Waals surface area (Å²) in [4.78, 5) is 10.8. The van der Waals surface area contributed by atoms with Crippen molar-refractivity contribution in [3.63, 3.8) is 0 Å². The van der Waals surface area contributed by atoms with Crippen LogP contribution in [-0.4, -0.2) is 5.78 Å². The molecular formula is C10H18O. The molecule has 1 atom stereocenters. The number of carbonyl (C=O) groups is 1. The maximum absolute atomic E-state index is 10.8. The molecule has 11 heavy (non-hydrogen) atoms. The summed E-state index contributed by atoms with van der Waals surface area (Å²) in [6, 6.07) is 0. The van der Waals surface area contributed by atoms with E-state index in [1.165, 1.54) is 5.57 Å². The van der Waals surface area contributed by atoms with Crippen LogP contribution in [0.2, 0.25) is 0 Å². The first-order chi connectivity index (χ1) is 5.04. The quantitative estimate of drug-likeness (QED) is 0.569. The molecule has 0 bridgehead atoms. The minimum atomic E-state index is 0.227. The highest BCUT2D eigenvalue weighted by atomic mass is 16.1. The molecule has 0 spiro atoms. The molecule has 1 nitrogen and oxygen atoms in total. The lowest BCUT2D eigenvalue weighted by molar-refractivity contribution is -0.120. The van der Waals surface area contributed by atoms with Crippen molar-refractivity contribution in [1.82, 2.24) is 0 Å². The fraction of sp³-hybridized carbons (Fsp3) is 0.700. The normalized spacial score (nSPS) is 12.4. The molecule has 0 heterocycles. The maximum atomic E-state index is 10.8. The fourth-order valence-corrected chi connectivity index (χ4v) is 0.825. The second-order valence-electron chi connectivity index (χ2n) is 3.37. The smallest absolute Gasteiger partial charge is 0.132 e. The average molecular weight is 154 g/mol. The van der Waals surface area contributed by atoms with Gasteiger partial charge in [-0.05, 0) is 33.6 Å². The van der Waals surface area contributed by atoms with Gasteiger partial charge in [-0.25, -0.2) is 0 Å². The molecule has 0 aromatic rings. The van der Waals surface area contributed by atoms with Crippen LogP contribution >= 0.6 is 0 Å². The van der Waals surface area contributed by atoms with Crippen molar-refractivity contribution in [3.8, 4) is 0 Å². The van der Waals surface area contributed by atoms with Gasteiger partial charge in [0.15, 0.2) is 0 Å². The van der Waals surface area contributed by atoms with Gasteiger partial charge >= 0.3 is 0 Å². The van der Waals surface area contributed by atoms with E-state index in [1.54, 1.807) is 6.92 Å². The minimum absolute atomic E-state index is 0.227. The second-order valence-corrected chi connectivity index (χ2v) is 3.37. The summed E-state index contributed by atoms with van der Waals surface area (Å²) in [7, 11) is 0. The Balaban J connectivity index is 3.55. The van der Waals surface area contributed by atoms with E-state index in [4.69, 9.17) is 0 Å². The lowest BCUT2D eigenvalue weighted by Gasteiger charge is -2.03. The molecule has 1 heteroatoms. The van der Waals surface area contributed by atoms with Crippen LogP contribution < -0.4 is 0 Å². The van der Waals surface area contributed by atoms with Gasteiger partial charge in [0, 0.05) is 5.92 Å². The Bertz CT molecular complexity index is 152. The van der Waals surface area contributed by atoms with Crippen molar-refractivity contribution >= 4 is 5.78 Å². The van der Waals surface area contributed by atoms with Gasteiger partial charge in [0.05, 0.1) is 0 Å². The van der Waals surface area contributed by atoms with Crippen LogP contribution in [0.15, 0.2) is 11.6 Å². The van der Waals surface area contributed by atoms with Crippen molar-refractivity contribution in [2.75, 3.05) is 0 Å². The largest absolute Gasteiger partial charge is 0.300 e. The third-order valence-corrected chi connectivity index (χ3v) is 1.85. The fourth-order valence-electron chi connectivity index (χ4n) is 0.825. The zero-order chi connectivity index (χ0) is 8.85. The predicted molar refractivity (Wildman–Crippen MR) is 48.5 cm³/mol. The molecule has 0 radical (unpaired) electrons. The molecule has 0 aliphatic heterocycles. The third-order valence-electron chi connectivity index (χ3n) is 1.85. The van der Waals surface area contributed by atoms with Crippen LogP contribution in [0.3, 0.4) is 0 Å². The Hall–Kier alpha value is -0.590. The summed E-state index contributed by atoms with van der Waals surface area (Å²) in [5.41, 5.74) is 1.33. The molecule has 1 unspecified atom stereocenters. The van der Waals surface area contributed by atoms with E-state index in [1.807, 2.05) is 6.92 Å². The van der Waals surface area contributed by atoms with Crippen LogP contribution in [-0.2, 0) is 4.79 Å². The molecule has 0 aromatic heterocycles. The van der Waals surface area contributed by atoms with Crippen LogP contribution in [0.1, 0.15) is 40.5 Å². The molecule has 64 valence electrons. The van der Waals surface area contributed by atoms with Crippen molar-refractivity contribution < 1.29 is 4.79 Å². The Labute approximate surface area is 69.5 Å². The Kier molecular flexibility index (Phi) is 4.84. The summed E-state index contributed by atoms with van der Waals surface area (Å²) < 4.78 is 0. The van der Waals surface area contributed by atoms with E-state index >= 15 is 0 Å². The Morgan fingerprint density at radius 3 is 2.27 bits per heavy atom. The molecule has 0 fully saturated rings. The standard InChI is InChI=1S/C10H18O/c1-8(2)6-5-7-9(3)10(4)11/h6,9H,5,7H2,1-4H3. The van der Waals surface area contributed by atoms with Gasteiger partial charge in [-0.15, -0.1) is 0 Å². The van der Waals surface area contributed by atoms with Crippen molar-refractivity contribution in [1.29, 1.82) is 0 Å². The number of allylic oxidation sites excluding steroid dienone is 2. The zero-order valence-corrected chi connectivity index (χ0v) is 7.98. The van der Waals surface area contributed by atoms with E-state index in [0.717, 1.165) is 12.8 Å². The van der Waals surface area contributed by atoms with Gasteiger partial charge in [0.2, 0.25) is 0 Å². The van der Waals surface area contributed by atoms with Gasteiger partial charge in [-0.2, -0.15) is 0 Å². The van der Waals surface area contributed by atoms with Gasteiger partial charge < -0.3 is 0 Å². The minimum Gasteiger partial charge on any atom is -0.300 e. The molecule has 0 saturated heterocycles. The highest BCUT2D eigenvalue weighted by molar-refractivity contribution is 5.77. The molecule has 0 N–H and O–H groups in total. The summed E-state index contributed by atoms with van der Waals surface area (Å²) in [6.45, 7) is 7.81. The van der Waals surface area contributed by atoms with Crippen molar-refractivity contribution in [2.24, 2.45) is 5.92 Å². The molecule has 0 aliphatic rings. The highest BCUT2D eigenvalue weighted by Gasteiger charge is 2.04. The summed E-state index contributed by atoms with van der Waals surface area (Å²) >= 11 is 0. The molecule has 0 rings (SSSR count). The summed E-state index contributed by atoms with van der Waals surface area (Å²) in [6.07, 6.45) is 4.20. The van der Waals surface area contributed by atoms with E-state index in [-0.39, 0.29) is 5.92 Å². The number of Topliss-reactive ketones (excluding diaryl/α,β-unsaturated/α-hetero) is 1. The first-order valence-electron chi connectivity index (χ1n) is 4.18. The number of carbonyl (C=O) groups excluding carboxylic acids is 1. The summed E-state index contributed by atoms with van der Waals surface area (Å²) in [5, 5.41) is 0. The number of ketones is 1. The van der Waals surface area contributed by atoms with E-state index < -0.39 is 0 Å². The average Bonchev–Trinajstić information content (AvgIpc) is 1.86. The lowest BCUT2D eigenvalue weighted by atomic mass is 10.0. The lowest BCUT2D eigenvalue weighted by Crippen LogP contribution is -2.04. The van der Waals surface area contributed by atoms with Gasteiger partial charge in [-0.3, -0.25) is 4.79 Å². The van der Waals surface area contributed by atoms with Gasteiger partial charge in [-0.1, -0.05) is 18.6 Å². The first kappa shape index (κ1) is 10.4. The number of hydrogen-bond acceptors (Lipinski definition) is 1. The topological polar surface area (TPSA) is 17.1 Å². The molecule has 0 saturated carbocycles. The second kappa shape index (κ2) is 5.11. The number of hydrogen-bond donors (Lipinski definition) is 0. The van der Waals surface area contributed by atoms with Gasteiger partial charge in [0.25, 0.3) is 0 Å². The molecule has 0 aliphatic carbocycles. The monoisotopic (exact) mass is 154 g/mol. The third kappa shape index (κ3) is 5.84. The summed E-state index contributed by atoms with van der Waals surface area (Å²) in [5.74, 6) is 0.526. The van der Waals surface area contributed by atoms with Crippen molar-refractivity contribution in [2.45, 2.75) is 40.5 Å². The van der Waals surface area contributed by atoms with Crippen LogP contribution in [0.4, 0.5) is 0 Å². The maximum Gasteiger partial charge on any atom is 0.132 e. The van der Waals surface area contributed by atoms with E-state index in [9.17, 15) is 4.79 Å². The Morgan fingerprint density at radius 1 is 1.36 bits per heavy atom. The van der Waals surface area contributed by atoms with Crippen molar-refractivity contribution in [3.05, 3.63) is 11.6 Å². The number of rotatable bonds is 4. The zero-order valence-electron chi connectivity index (χ0n) is 7.98. The SMILES string of the molecule is CC(=O)C(C)CCC=C(C)C. The predicted octanol–water partition coefficient (Wildman–Crippen LogP) is 2.96. The van der Waals surface area contributed by atoms with E-state index in [2.05, 4.69) is 19.9 Å². The molecular weight excluding hydrogens is 136 g/mol. The molecule has 0 amide bonds. The first-order valence-corrected chi connectivity index (χ1v) is 4.18. The van der Waals surface area contributed by atoms with E-state index in [0.29, 0.717) is 5.78 Å². The van der Waals surface area contributed by atoms with Crippen LogP contribution in [0, 0.1) is 5.92 Å². The van der Waals surface area contributed by atoms with Gasteiger partial charge in [0.1, 0.15) is 5.78 Å². The molecule has 0 aromatic carbocycles.